The maximum Gasteiger partial charge on any atom is 0.120 e. The highest BCUT2D eigenvalue weighted by Gasteiger charge is 2.09. The molecular formula is C19H25NO. The molecule has 0 heterocycles. The zero-order valence-corrected chi connectivity index (χ0v) is 13.2. The van der Waals surface area contributed by atoms with Crippen LogP contribution in [0.4, 0.5) is 0 Å². The molecule has 2 rings (SSSR count). The SMILES string of the molecule is CCc1ccc(CC(N)c2cccc(OC(C)C)c2)cc1. The van der Waals surface area contributed by atoms with Gasteiger partial charge in [0.05, 0.1) is 6.10 Å². The minimum Gasteiger partial charge on any atom is -0.491 e. The van der Waals surface area contributed by atoms with Gasteiger partial charge in [-0.1, -0.05) is 43.3 Å². The van der Waals surface area contributed by atoms with E-state index in [0.717, 1.165) is 24.2 Å². The Bertz CT molecular complexity index is 560. The van der Waals surface area contributed by atoms with E-state index < -0.39 is 0 Å². The predicted molar refractivity (Wildman–Crippen MR) is 88.7 cm³/mol. The Morgan fingerprint density at radius 1 is 1.00 bits per heavy atom. The first-order chi connectivity index (χ1) is 10.1. The Balaban J connectivity index is 2.06. The highest BCUT2D eigenvalue weighted by atomic mass is 16.5. The van der Waals surface area contributed by atoms with Gasteiger partial charge in [-0.15, -0.1) is 0 Å². The molecule has 0 saturated heterocycles. The maximum absolute atomic E-state index is 6.34. The maximum atomic E-state index is 6.34. The third-order valence-corrected chi connectivity index (χ3v) is 3.54. The van der Waals surface area contributed by atoms with Crippen LogP contribution in [0, 0.1) is 0 Å². The minimum atomic E-state index is -0.00631. The van der Waals surface area contributed by atoms with E-state index in [1.165, 1.54) is 11.1 Å². The molecule has 2 N–H and O–H groups in total. The van der Waals surface area contributed by atoms with Crippen molar-refractivity contribution < 1.29 is 4.74 Å². The second-order valence-corrected chi connectivity index (χ2v) is 5.72. The lowest BCUT2D eigenvalue weighted by Gasteiger charge is -2.15. The lowest BCUT2D eigenvalue weighted by Crippen LogP contribution is -2.14. The van der Waals surface area contributed by atoms with Gasteiger partial charge in [-0.2, -0.15) is 0 Å². The average Bonchev–Trinajstić information content (AvgIpc) is 2.47. The molecule has 21 heavy (non-hydrogen) atoms. The van der Waals surface area contributed by atoms with Gasteiger partial charge in [0.15, 0.2) is 0 Å². The Labute approximate surface area is 127 Å². The van der Waals surface area contributed by atoms with Crippen molar-refractivity contribution in [1.29, 1.82) is 0 Å². The second-order valence-electron chi connectivity index (χ2n) is 5.72. The molecule has 0 fully saturated rings. The van der Waals surface area contributed by atoms with Gasteiger partial charge in [0.1, 0.15) is 5.75 Å². The van der Waals surface area contributed by atoms with Crippen LogP contribution in [0.5, 0.6) is 5.75 Å². The lowest BCUT2D eigenvalue weighted by atomic mass is 9.98. The van der Waals surface area contributed by atoms with E-state index in [0.29, 0.717) is 0 Å². The van der Waals surface area contributed by atoms with Crippen molar-refractivity contribution in [2.45, 2.75) is 45.8 Å². The Hall–Kier alpha value is -1.80. The number of ether oxygens (including phenoxy) is 1. The molecule has 112 valence electrons. The van der Waals surface area contributed by atoms with Gasteiger partial charge in [0, 0.05) is 6.04 Å². The van der Waals surface area contributed by atoms with Crippen LogP contribution >= 0.6 is 0 Å². The molecule has 1 unspecified atom stereocenters. The molecular weight excluding hydrogens is 258 g/mol. The Kier molecular flexibility index (Phi) is 5.40. The van der Waals surface area contributed by atoms with Crippen molar-refractivity contribution in [2.75, 3.05) is 0 Å². The second kappa shape index (κ2) is 7.28. The molecule has 0 spiro atoms. The Morgan fingerprint density at radius 2 is 1.67 bits per heavy atom. The average molecular weight is 283 g/mol. The van der Waals surface area contributed by atoms with Gasteiger partial charge in [-0.3, -0.25) is 0 Å². The number of aryl methyl sites for hydroxylation is 1. The summed E-state index contributed by atoms with van der Waals surface area (Å²) < 4.78 is 5.73. The number of rotatable bonds is 6. The van der Waals surface area contributed by atoms with Crippen molar-refractivity contribution in [3.05, 3.63) is 65.2 Å². The van der Waals surface area contributed by atoms with Crippen LogP contribution in [0.3, 0.4) is 0 Å². The highest BCUT2D eigenvalue weighted by Crippen LogP contribution is 2.22. The van der Waals surface area contributed by atoms with Crippen LogP contribution in [0.1, 0.15) is 43.5 Å². The zero-order chi connectivity index (χ0) is 15.2. The summed E-state index contributed by atoms with van der Waals surface area (Å²) in [5.74, 6) is 0.888. The topological polar surface area (TPSA) is 35.2 Å². The number of nitrogens with two attached hydrogens (primary N) is 1. The monoisotopic (exact) mass is 283 g/mol. The Morgan fingerprint density at radius 3 is 2.29 bits per heavy atom. The fraction of sp³-hybridized carbons (Fsp3) is 0.368. The summed E-state index contributed by atoms with van der Waals surface area (Å²) >= 11 is 0. The minimum absolute atomic E-state index is 0.00631. The van der Waals surface area contributed by atoms with Crippen LogP contribution in [-0.4, -0.2) is 6.10 Å². The van der Waals surface area contributed by atoms with Crippen LogP contribution in [-0.2, 0) is 12.8 Å². The van der Waals surface area contributed by atoms with Crippen LogP contribution in [0.25, 0.3) is 0 Å². The number of benzene rings is 2. The van der Waals surface area contributed by atoms with Crippen LogP contribution in [0.15, 0.2) is 48.5 Å². The van der Waals surface area contributed by atoms with E-state index in [4.69, 9.17) is 10.5 Å². The highest BCUT2D eigenvalue weighted by molar-refractivity contribution is 5.32. The third-order valence-electron chi connectivity index (χ3n) is 3.54. The molecule has 0 aliphatic carbocycles. The molecule has 0 aliphatic heterocycles. The smallest absolute Gasteiger partial charge is 0.120 e. The molecule has 2 heteroatoms. The van der Waals surface area contributed by atoms with Crippen LogP contribution in [0.2, 0.25) is 0 Å². The zero-order valence-electron chi connectivity index (χ0n) is 13.2. The van der Waals surface area contributed by atoms with E-state index in [1.807, 2.05) is 32.0 Å². The molecule has 0 saturated carbocycles. The van der Waals surface area contributed by atoms with Crippen LogP contribution < -0.4 is 10.5 Å². The largest absolute Gasteiger partial charge is 0.491 e. The summed E-state index contributed by atoms with van der Waals surface area (Å²) in [6, 6.07) is 16.8. The molecule has 0 aromatic heterocycles. The number of hydrogen-bond acceptors (Lipinski definition) is 2. The van der Waals surface area contributed by atoms with Gasteiger partial charge < -0.3 is 10.5 Å². The van der Waals surface area contributed by atoms with E-state index in [2.05, 4.69) is 37.3 Å². The molecule has 0 aliphatic rings. The molecule has 2 nitrogen and oxygen atoms in total. The van der Waals surface area contributed by atoms with E-state index >= 15 is 0 Å². The van der Waals surface area contributed by atoms with E-state index in [9.17, 15) is 0 Å². The predicted octanol–water partition coefficient (Wildman–Crippen LogP) is 4.28. The molecule has 0 amide bonds. The summed E-state index contributed by atoms with van der Waals surface area (Å²) in [5, 5.41) is 0. The molecule has 0 bridgehead atoms. The van der Waals surface area contributed by atoms with Crippen molar-refractivity contribution in [3.63, 3.8) is 0 Å². The lowest BCUT2D eigenvalue weighted by molar-refractivity contribution is 0.242. The van der Waals surface area contributed by atoms with Gasteiger partial charge in [-0.25, -0.2) is 0 Å². The standard InChI is InChI=1S/C19H25NO/c1-4-15-8-10-16(11-9-15)12-19(20)17-6-5-7-18(13-17)21-14(2)3/h5-11,13-14,19H,4,12,20H2,1-3H3. The molecule has 2 aromatic rings. The van der Waals surface area contributed by atoms with Gasteiger partial charge >= 0.3 is 0 Å². The van der Waals surface area contributed by atoms with Gasteiger partial charge in [0.2, 0.25) is 0 Å². The molecule has 0 radical (unpaired) electrons. The van der Waals surface area contributed by atoms with Gasteiger partial charge in [-0.05, 0) is 55.5 Å². The summed E-state index contributed by atoms with van der Waals surface area (Å²) in [5.41, 5.74) is 10.1. The van der Waals surface area contributed by atoms with E-state index in [1.54, 1.807) is 0 Å². The first kappa shape index (κ1) is 15.6. The van der Waals surface area contributed by atoms with Crippen molar-refractivity contribution in [1.82, 2.24) is 0 Å². The fourth-order valence-electron chi connectivity index (χ4n) is 2.37. The summed E-state index contributed by atoms with van der Waals surface area (Å²) in [7, 11) is 0. The summed E-state index contributed by atoms with van der Waals surface area (Å²) in [6.45, 7) is 6.23. The summed E-state index contributed by atoms with van der Waals surface area (Å²) in [4.78, 5) is 0. The van der Waals surface area contributed by atoms with Crippen molar-refractivity contribution >= 4 is 0 Å². The summed E-state index contributed by atoms with van der Waals surface area (Å²) in [6.07, 6.45) is 2.09. The molecule has 1 atom stereocenters. The first-order valence-corrected chi connectivity index (χ1v) is 7.68. The molecule has 2 aromatic carbocycles. The fourth-order valence-corrected chi connectivity index (χ4v) is 2.37. The van der Waals surface area contributed by atoms with Crippen molar-refractivity contribution in [3.8, 4) is 5.75 Å². The van der Waals surface area contributed by atoms with E-state index in [-0.39, 0.29) is 12.1 Å². The normalized spacial score (nSPS) is 12.4. The third kappa shape index (κ3) is 4.61. The van der Waals surface area contributed by atoms with Gasteiger partial charge in [0.25, 0.3) is 0 Å². The number of hydrogen-bond donors (Lipinski definition) is 1. The first-order valence-electron chi connectivity index (χ1n) is 7.68. The quantitative estimate of drug-likeness (QED) is 0.859. The van der Waals surface area contributed by atoms with Crippen molar-refractivity contribution in [2.24, 2.45) is 5.73 Å².